The van der Waals surface area contributed by atoms with Crippen LogP contribution < -0.4 is 0 Å². The van der Waals surface area contributed by atoms with Gasteiger partial charge in [-0.2, -0.15) is 0 Å². The molecular formula is C61H110O6. The van der Waals surface area contributed by atoms with E-state index in [-0.39, 0.29) is 31.1 Å². The Balaban J connectivity index is 4.32. The molecule has 0 saturated heterocycles. The first-order valence-corrected chi connectivity index (χ1v) is 29.1. The van der Waals surface area contributed by atoms with Crippen LogP contribution in [0, 0.1) is 0 Å². The van der Waals surface area contributed by atoms with Crippen LogP contribution in [0.3, 0.4) is 0 Å². The largest absolute Gasteiger partial charge is 0.462 e. The summed E-state index contributed by atoms with van der Waals surface area (Å²) in [6, 6.07) is 0. The van der Waals surface area contributed by atoms with E-state index in [1.807, 2.05) is 0 Å². The predicted molar refractivity (Wildman–Crippen MR) is 289 cm³/mol. The Bertz CT molecular complexity index is 1170. The molecule has 0 aliphatic heterocycles. The van der Waals surface area contributed by atoms with Crippen molar-refractivity contribution in [2.75, 3.05) is 13.2 Å². The van der Waals surface area contributed by atoms with Crippen molar-refractivity contribution in [1.82, 2.24) is 0 Å². The highest BCUT2D eigenvalue weighted by Crippen LogP contribution is 2.17. The topological polar surface area (TPSA) is 78.9 Å². The van der Waals surface area contributed by atoms with Gasteiger partial charge in [0.2, 0.25) is 0 Å². The smallest absolute Gasteiger partial charge is 0.306 e. The van der Waals surface area contributed by atoms with Gasteiger partial charge in [-0.25, -0.2) is 0 Å². The van der Waals surface area contributed by atoms with Gasteiger partial charge in [-0.15, -0.1) is 0 Å². The van der Waals surface area contributed by atoms with E-state index in [1.165, 1.54) is 167 Å². The number of carbonyl (C=O) groups excluding carboxylic acids is 3. The van der Waals surface area contributed by atoms with Gasteiger partial charge >= 0.3 is 17.9 Å². The van der Waals surface area contributed by atoms with E-state index in [1.54, 1.807) is 0 Å². The van der Waals surface area contributed by atoms with Crippen LogP contribution in [-0.2, 0) is 28.6 Å². The van der Waals surface area contributed by atoms with Crippen molar-refractivity contribution < 1.29 is 28.6 Å². The molecule has 0 fully saturated rings. The molecule has 0 heterocycles. The van der Waals surface area contributed by atoms with E-state index in [9.17, 15) is 14.4 Å². The fourth-order valence-corrected chi connectivity index (χ4v) is 8.45. The highest BCUT2D eigenvalue weighted by atomic mass is 16.6. The molecule has 1 atom stereocenters. The molecule has 0 aliphatic rings. The van der Waals surface area contributed by atoms with Gasteiger partial charge in [-0.3, -0.25) is 14.4 Å². The first-order valence-electron chi connectivity index (χ1n) is 29.1. The van der Waals surface area contributed by atoms with Crippen LogP contribution >= 0.6 is 0 Å². The molecule has 0 aromatic heterocycles. The van der Waals surface area contributed by atoms with Crippen molar-refractivity contribution in [3.63, 3.8) is 0 Å². The molecule has 390 valence electrons. The average molecular weight is 940 g/mol. The summed E-state index contributed by atoms with van der Waals surface area (Å²) in [6.45, 7) is 6.52. The number of allylic oxidation sites excluding steroid dienone is 8. The van der Waals surface area contributed by atoms with Crippen molar-refractivity contribution in [2.45, 2.75) is 309 Å². The maximum Gasteiger partial charge on any atom is 0.306 e. The monoisotopic (exact) mass is 939 g/mol. The highest BCUT2D eigenvalue weighted by Gasteiger charge is 2.19. The lowest BCUT2D eigenvalue weighted by molar-refractivity contribution is -0.167. The lowest BCUT2D eigenvalue weighted by Gasteiger charge is -2.18. The third kappa shape index (κ3) is 54.2. The summed E-state index contributed by atoms with van der Waals surface area (Å²) >= 11 is 0. The predicted octanol–water partition coefficient (Wildman–Crippen LogP) is 19.4. The fraction of sp³-hybridized carbons (Fsp3) is 0.820. The number of ether oxygens (including phenoxy) is 3. The van der Waals surface area contributed by atoms with Crippen LogP contribution in [0.2, 0.25) is 0 Å². The van der Waals surface area contributed by atoms with E-state index in [0.29, 0.717) is 19.3 Å². The van der Waals surface area contributed by atoms with Crippen molar-refractivity contribution in [3.05, 3.63) is 48.6 Å². The average Bonchev–Trinajstić information content (AvgIpc) is 3.33. The van der Waals surface area contributed by atoms with Crippen molar-refractivity contribution in [2.24, 2.45) is 0 Å². The molecule has 0 spiro atoms. The van der Waals surface area contributed by atoms with Gasteiger partial charge in [0.15, 0.2) is 6.10 Å². The molecule has 0 aliphatic carbocycles. The summed E-state index contributed by atoms with van der Waals surface area (Å²) in [7, 11) is 0. The quantitative estimate of drug-likeness (QED) is 0.0262. The summed E-state index contributed by atoms with van der Waals surface area (Å²) in [5.41, 5.74) is 0. The van der Waals surface area contributed by atoms with E-state index in [4.69, 9.17) is 14.2 Å². The van der Waals surface area contributed by atoms with Gasteiger partial charge in [-0.05, 0) is 77.0 Å². The lowest BCUT2D eigenvalue weighted by atomic mass is 10.0. The third-order valence-corrected chi connectivity index (χ3v) is 12.8. The maximum atomic E-state index is 12.8. The summed E-state index contributed by atoms with van der Waals surface area (Å²) in [5.74, 6) is -0.908. The molecule has 0 aromatic carbocycles. The van der Waals surface area contributed by atoms with E-state index >= 15 is 0 Å². The Morgan fingerprint density at radius 2 is 0.582 bits per heavy atom. The second-order valence-corrected chi connectivity index (χ2v) is 19.5. The van der Waals surface area contributed by atoms with Crippen LogP contribution in [0.5, 0.6) is 0 Å². The molecule has 0 N–H and O–H groups in total. The third-order valence-electron chi connectivity index (χ3n) is 12.8. The molecule has 6 heteroatoms. The fourth-order valence-electron chi connectivity index (χ4n) is 8.45. The summed E-state index contributed by atoms with van der Waals surface area (Å²) in [4.78, 5) is 38.1. The molecule has 0 bridgehead atoms. The Morgan fingerprint density at radius 3 is 0.940 bits per heavy atom. The van der Waals surface area contributed by atoms with Gasteiger partial charge in [0.05, 0.1) is 0 Å². The van der Waals surface area contributed by atoms with Gasteiger partial charge < -0.3 is 14.2 Å². The van der Waals surface area contributed by atoms with Crippen LogP contribution in [-0.4, -0.2) is 37.2 Å². The van der Waals surface area contributed by atoms with Crippen molar-refractivity contribution >= 4 is 17.9 Å². The zero-order valence-corrected chi connectivity index (χ0v) is 44.7. The van der Waals surface area contributed by atoms with E-state index in [0.717, 1.165) is 96.3 Å². The molecule has 67 heavy (non-hydrogen) atoms. The van der Waals surface area contributed by atoms with E-state index < -0.39 is 6.10 Å². The number of rotatable bonds is 53. The summed E-state index contributed by atoms with van der Waals surface area (Å²) < 4.78 is 16.8. The first-order chi connectivity index (χ1) is 33.0. The standard InChI is InChI=1S/C61H110O6/c1-4-7-10-13-16-19-22-25-27-28-29-30-31-32-34-36-39-42-45-48-51-54-60(63)66-57-58(56-65-59(62)53-50-47-44-41-38-35-24-21-18-15-12-9-6-3)67-61(64)55-52-49-46-43-40-37-33-26-23-20-17-14-11-8-5-2/h9,12,18,21,26,33,35,38,58H,4-8,10-11,13-17,19-20,22-25,27-32,34,36-37,39-57H2,1-3H3/b12-9-,21-18-,33-26-,38-35-. The first kappa shape index (κ1) is 64.4. The van der Waals surface area contributed by atoms with Crippen LogP contribution in [0.4, 0.5) is 0 Å². The molecule has 6 nitrogen and oxygen atoms in total. The Hall–Kier alpha value is -2.63. The number of unbranched alkanes of at least 4 members (excludes halogenated alkanes) is 34. The van der Waals surface area contributed by atoms with Gasteiger partial charge in [-0.1, -0.05) is 256 Å². The lowest BCUT2D eigenvalue weighted by Crippen LogP contribution is -2.30. The van der Waals surface area contributed by atoms with Crippen LogP contribution in [0.15, 0.2) is 48.6 Å². The van der Waals surface area contributed by atoms with Crippen molar-refractivity contribution in [1.29, 1.82) is 0 Å². The van der Waals surface area contributed by atoms with E-state index in [2.05, 4.69) is 69.4 Å². The molecular weight excluding hydrogens is 829 g/mol. The second kappa shape index (κ2) is 56.0. The van der Waals surface area contributed by atoms with Gasteiger partial charge in [0, 0.05) is 19.3 Å². The van der Waals surface area contributed by atoms with Gasteiger partial charge in [0.1, 0.15) is 13.2 Å². The molecule has 0 amide bonds. The minimum absolute atomic E-state index is 0.0829. The SMILES string of the molecule is CC/C=C\C/C=C\C/C=C\CCCCCC(=O)OCC(COC(=O)CCCCCCCCCCCCCCCCCCCCCCC)OC(=O)CCCCCCC/C=C\CCCCCCCC. The van der Waals surface area contributed by atoms with Crippen LogP contribution in [0.1, 0.15) is 303 Å². The number of hydrogen-bond acceptors (Lipinski definition) is 6. The summed E-state index contributed by atoms with van der Waals surface area (Å²) in [6.07, 6.45) is 68.3. The van der Waals surface area contributed by atoms with Crippen molar-refractivity contribution in [3.8, 4) is 0 Å². The normalized spacial score (nSPS) is 12.3. The number of esters is 3. The minimum atomic E-state index is -0.787. The van der Waals surface area contributed by atoms with Crippen LogP contribution in [0.25, 0.3) is 0 Å². The zero-order chi connectivity index (χ0) is 48.6. The van der Waals surface area contributed by atoms with Gasteiger partial charge in [0.25, 0.3) is 0 Å². The Morgan fingerprint density at radius 1 is 0.313 bits per heavy atom. The zero-order valence-electron chi connectivity index (χ0n) is 44.7. The number of hydrogen-bond donors (Lipinski definition) is 0. The highest BCUT2D eigenvalue weighted by molar-refractivity contribution is 5.71. The molecule has 0 radical (unpaired) electrons. The molecule has 0 saturated carbocycles. The second-order valence-electron chi connectivity index (χ2n) is 19.5. The summed E-state index contributed by atoms with van der Waals surface area (Å²) in [5, 5.41) is 0. The molecule has 0 aromatic rings. The minimum Gasteiger partial charge on any atom is -0.462 e. The molecule has 1 unspecified atom stereocenters. The Labute approximate surface area is 416 Å². The molecule has 0 rings (SSSR count). The number of carbonyl (C=O) groups is 3. The Kier molecular flexibility index (Phi) is 53.8. The maximum absolute atomic E-state index is 12.8.